The van der Waals surface area contributed by atoms with Gasteiger partial charge in [0.05, 0.1) is 12.7 Å². The quantitative estimate of drug-likeness (QED) is 0.860. The van der Waals surface area contributed by atoms with E-state index in [1.165, 1.54) is 11.1 Å². The Morgan fingerprint density at radius 2 is 1.79 bits per heavy atom. The molecule has 98 valence electrons. The van der Waals surface area contributed by atoms with Gasteiger partial charge in [-0.3, -0.25) is 0 Å². The predicted molar refractivity (Wildman–Crippen MR) is 82.7 cm³/mol. The van der Waals surface area contributed by atoms with Crippen molar-refractivity contribution in [2.45, 2.75) is 13.5 Å². The summed E-state index contributed by atoms with van der Waals surface area (Å²) in [5, 5.41) is 3.26. The van der Waals surface area contributed by atoms with E-state index in [0.29, 0.717) is 4.99 Å². The lowest BCUT2D eigenvalue weighted by atomic mass is 10.1. The van der Waals surface area contributed by atoms with Crippen molar-refractivity contribution < 1.29 is 4.74 Å². The first-order chi connectivity index (χ1) is 9.20. The zero-order chi connectivity index (χ0) is 13.7. The van der Waals surface area contributed by atoms with Crippen molar-refractivity contribution >= 4 is 17.2 Å². The van der Waals surface area contributed by atoms with Crippen molar-refractivity contribution in [1.82, 2.24) is 5.32 Å². The lowest BCUT2D eigenvalue weighted by Crippen LogP contribution is -2.22. The van der Waals surface area contributed by atoms with Crippen molar-refractivity contribution in [3.63, 3.8) is 0 Å². The molecule has 2 aromatic carbocycles. The third-order valence-corrected chi connectivity index (χ3v) is 3.29. The van der Waals surface area contributed by atoms with Crippen LogP contribution in [0.15, 0.2) is 48.5 Å². The summed E-state index contributed by atoms with van der Waals surface area (Å²) in [6, 6.07) is 16.2. The largest absolute Gasteiger partial charge is 0.496 e. The molecule has 2 rings (SSSR count). The average molecular weight is 271 g/mol. The summed E-state index contributed by atoms with van der Waals surface area (Å²) in [5.74, 6) is 0.795. The lowest BCUT2D eigenvalue weighted by molar-refractivity contribution is 0.414. The topological polar surface area (TPSA) is 21.3 Å². The molecule has 0 atom stereocenters. The van der Waals surface area contributed by atoms with E-state index in [-0.39, 0.29) is 0 Å². The van der Waals surface area contributed by atoms with Crippen LogP contribution in [0.4, 0.5) is 0 Å². The molecule has 2 nitrogen and oxygen atoms in total. The molecule has 0 aliphatic rings. The first-order valence-electron chi connectivity index (χ1n) is 6.17. The average Bonchev–Trinajstić information content (AvgIpc) is 2.46. The van der Waals surface area contributed by atoms with Gasteiger partial charge < -0.3 is 10.1 Å². The Morgan fingerprint density at radius 3 is 2.47 bits per heavy atom. The number of nitrogens with one attached hydrogen (secondary N) is 1. The molecule has 0 saturated heterocycles. The maximum atomic E-state index is 5.41. The van der Waals surface area contributed by atoms with E-state index in [2.05, 4.69) is 36.5 Å². The Balaban J connectivity index is 2.03. The molecule has 0 heterocycles. The summed E-state index contributed by atoms with van der Waals surface area (Å²) >= 11 is 5.41. The molecular formula is C16H17NOS. The van der Waals surface area contributed by atoms with Gasteiger partial charge in [-0.05, 0) is 24.6 Å². The molecule has 0 spiro atoms. The number of aryl methyl sites for hydroxylation is 1. The highest BCUT2D eigenvalue weighted by Crippen LogP contribution is 2.17. The van der Waals surface area contributed by atoms with Crippen LogP contribution in [-0.4, -0.2) is 12.1 Å². The minimum Gasteiger partial charge on any atom is -0.496 e. The normalized spacial score (nSPS) is 10.0. The van der Waals surface area contributed by atoms with Gasteiger partial charge in [0.25, 0.3) is 0 Å². The van der Waals surface area contributed by atoms with Crippen molar-refractivity contribution in [3.8, 4) is 5.75 Å². The van der Waals surface area contributed by atoms with Crippen LogP contribution in [0.25, 0.3) is 0 Å². The van der Waals surface area contributed by atoms with Gasteiger partial charge in [0.15, 0.2) is 0 Å². The van der Waals surface area contributed by atoms with Gasteiger partial charge in [-0.25, -0.2) is 0 Å². The maximum absolute atomic E-state index is 5.41. The van der Waals surface area contributed by atoms with E-state index in [9.17, 15) is 0 Å². The highest BCUT2D eigenvalue weighted by Gasteiger charge is 2.06. The van der Waals surface area contributed by atoms with Crippen molar-refractivity contribution in [2.24, 2.45) is 0 Å². The maximum Gasteiger partial charge on any atom is 0.129 e. The van der Waals surface area contributed by atoms with E-state index >= 15 is 0 Å². The summed E-state index contributed by atoms with van der Waals surface area (Å²) in [5.41, 5.74) is 3.39. The van der Waals surface area contributed by atoms with E-state index in [1.54, 1.807) is 7.11 Å². The number of benzene rings is 2. The van der Waals surface area contributed by atoms with Gasteiger partial charge in [0.1, 0.15) is 10.7 Å². The zero-order valence-electron chi connectivity index (χ0n) is 11.1. The van der Waals surface area contributed by atoms with Crippen molar-refractivity contribution in [2.75, 3.05) is 7.11 Å². The Bertz CT molecular complexity index is 563. The van der Waals surface area contributed by atoms with Crippen LogP contribution >= 0.6 is 12.2 Å². The summed E-state index contributed by atoms with van der Waals surface area (Å²) in [7, 11) is 1.65. The zero-order valence-corrected chi connectivity index (χ0v) is 12.0. The Labute approximate surface area is 119 Å². The number of thiocarbonyl (C=S) groups is 1. The molecule has 0 radical (unpaired) electrons. The van der Waals surface area contributed by atoms with Crippen LogP contribution in [-0.2, 0) is 6.54 Å². The highest BCUT2D eigenvalue weighted by molar-refractivity contribution is 7.80. The number of para-hydroxylation sites is 1. The van der Waals surface area contributed by atoms with E-state index in [4.69, 9.17) is 17.0 Å². The summed E-state index contributed by atoms with van der Waals surface area (Å²) in [4.78, 5) is 0.707. The van der Waals surface area contributed by atoms with Crippen LogP contribution in [0, 0.1) is 6.92 Å². The molecule has 0 saturated carbocycles. The number of hydrogen-bond acceptors (Lipinski definition) is 2. The standard InChI is InChI=1S/C16H17NOS/c1-12-7-9-13(10-8-12)11-17-16(19)14-5-3-4-6-15(14)18-2/h3-10H,11H2,1-2H3,(H,17,19). The molecule has 1 N–H and O–H groups in total. The van der Waals surface area contributed by atoms with Gasteiger partial charge in [0.2, 0.25) is 0 Å². The van der Waals surface area contributed by atoms with Crippen LogP contribution in [0.2, 0.25) is 0 Å². The molecule has 3 heteroatoms. The smallest absolute Gasteiger partial charge is 0.129 e. The Kier molecular flexibility index (Phi) is 4.53. The molecule has 0 unspecified atom stereocenters. The number of hydrogen-bond donors (Lipinski definition) is 1. The third kappa shape index (κ3) is 3.55. The SMILES string of the molecule is COc1ccccc1C(=S)NCc1ccc(C)cc1. The molecule has 0 aliphatic carbocycles. The van der Waals surface area contributed by atoms with Crippen LogP contribution in [0.3, 0.4) is 0 Å². The van der Waals surface area contributed by atoms with Gasteiger partial charge in [0, 0.05) is 6.54 Å². The first-order valence-corrected chi connectivity index (χ1v) is 6.58. The molecular weight excluding hydrogens is 254 g/mol. The second-order valence-electron chi connectivity index (χ2n) is 4.37. The van der Waals surface area contributed by atoms with Crippen LogP contribution < -0.4 is 10.1 Å². The number of methoxy groups -OCH3 is 1. The summed E-state index contributed by atoms with van der Waals surface area (Å²) in [6.45, 7) is 2.80. The van der Waals surface area contributed by atoms with Gasteiger partial charge in [-0.2, -0.15) is 0 Å². The second-order valence-corrected chi connectivity index (χ2v) is 4.78. The van der Waals surface area contributed by atoms with Crippen LogP contribution in [0.1, 0.15) is 16.7 Å². The number of rotatable bonds is 4. The Morgan fingerprint density at radius 1 is 1.11 bits per heavy atom. The fraction of sp³-hybridized carbons (Fsp3) is 0.188. The Hall–Kier alpha value is -1.87. The van der Waals surface area contributed by atoms with Gasteiger partial charge in [-0.1, -0.05) is 54.2 Å². The predicted octanol–water partition coefficient (Wildman–Crippen LogP) is 3.47. The number of ether oxygens (including phenoxy) is 1. The van der Waals surface area contributed by atoms with E-state index < -0.39 is 0 Å². The third-order valence-electron chi connectivity index (χ3n) is 2.93. The molecule has 0 fully saturated rings. The second kappa shape index (κ2) is 6.34. The van der Waals surface area contributed by atoms with Crippen molar-refractivity contribution in [3.05, 3.63) is 65.2 Å². The molecule has 19 heavy (non-hydrogen) atoms. The molecule has 0 bridgehead atoms. The molecule has 0 aliphatic heterocycles. The van der Waals surface area contributed by atoms with E-state index in [0.717, 1.165) is 17.9 Å². The van der Waals surface area contributed by atoms with Gasteiger partial charge in [-0.15, -0.1) is 0 Å². The lowest BCUT2D eigenvalue weighted by Gasteiger charge is -2.11. The first kappa shape index (κ1) is 13.6. The fourth-order valence-corrected chi connectivity index (χ4v) is 2.06. The summed E-state index contributed by atoms with van der Waals surface area (Å²) < 4.78 is 5.31. The van der Waals surface area contributed by atoms with E-state index in [1.807, 2.05) is 24.3 Å². The van der Waals surface area contributed by atoms with Crippen molar-refractivity contribution in [1.29, 1.82) is 0 Å². The molecule has 0 amide bonds. The molecule has 0 aromatic heterocycles. The minimum atomic E-state index is 0.707. The highest BCUT2D eigenvalue weighted by atomic mass is 32.1. The summed E-state index contributed by atoms with van der Waals surface area (Å²) in [6.07, 6.45) is 0. The fourth-order valence-electron chi connectivity index (χ4n) is 1.82. The van der Waals surface area contributed by atoms with Crippen LogP contribution in [0.5, 0.6) is 5.75 Å². The monoisotopic (exact) mass is 271 g/mol. The minimum absolute atomic E-state index is 0.707. The molecule has 2 aromatic rings. The van der Waals surface area contributed by atoms with Gasteiger partial charge >= 0.3 is 0 Å².